The van der Waals surface area contributed by atoms with Gasteiger partial charge in [-0.05, 0) is 36.3 Å². The van der Waals surface area contributed by atoms with Crippen LogP contribution in [0.3, 0.4) is 0 Å². The van der Waals surface area contributed by atoms with E-state index in [4.69, 9.17) is 5.73 Å². The summed E-state index contributed by atoms with van der Waals surface area (Å²) in [6.45, 7) is 0.557. The number of para-hydroxylation sites is 1. The third-order valence-electron chi connectivity index (χ3n) is 4.47. The number of amides is 1. The molecule has 0 radical (unpaired) electrons. The van der Waals surface area contributed by atoms with E-state index in [9.17, 15) is 4.79 Å². The topological polar surface area (TPSA) is 55.1 Å². The van der Waals surface area contributed by atoms with Gasteiger partial charge >= 0.3 is 0 Å². The first-order chi connectivity index (χ1) is 8.77. The molecule has 1 amide bonds. The lowest BCUT2D eigenvalue weighted by atomic mass is 10.0. The van der Waals surface area contributed by atoms with Crippen LogP contribution in [0.25, 0.3) is 0 Å². The van der Waals surface area contributed by atoms with E-state index in [1.165, 1.54) is 25.7 Å². The van der Waals surface area contributed by atoms with Gasteiger partial charge < -0.3 is 11.1 Å². The SMILES string of the molecule is Nc1ccccc1CNC(=O)C1C2CCCCC21. The molecule has 3 heteroatoms. The van der Waals surface area contributed by atoms with Gasteiger partial charge in [0.2, 0.25) is 5.91 Å². The fraction of sp³-hybridized carbons (Fsp3) is 0.533. The van der Waals surface area contributed by atoms with E-state index in [-0.39, 0.29) is 11.8 Å². The fourth-order valence-corrected chi connectivity index (χ4v) is 3.38. The van der Waals surface area contributed by atoms with Crippen LogP contribution < -0.4 is 11.1 Å². The molecule has 2 fully saturated rings. The maximum absolute atomic E-state index is 12.1. The van der Waals surface area contributed by atoms with Crippen LogP contribution in [0.2, 0.25) is 0 Å². The Hall–Kier alpha value is -1.51. The standard InChI is InChI=1S/C15H20N2O/c16-13-8-4-1-5-10(13)9-17-15(18)14-11-6-2-3-7-12(11)14/h1,4-5,8,11-12,14H,2-3,6-7,9,16H2,(H,17,18). The summed E-state index contributed by atoms with van der Waals surface area (Å²) in [6.07, 6.45) is 5.10. The van der Waals surface area contributed by atoms with Crippen molar-refractivity contribution in [3.8, 4) is 0 Å². The van der Waals surface area contributed by atoms with E-state index in [0.717, 1.165) is 11.3 Å². The third-order valence-corrected chi connectivity index (χ3v) is 4.47. The minimum Gasteiger partial charge on any atom is -0.398 e. The van der Waals surface area contributed by atoms with Gasteiger partial charge in [-0.25, -0.2) is 0 Å². The first-order valence-corrected chi connectivity index (χ1v) is 6.88. The number of nitrogen functional groups attached to an aromatic ring is 1. The highest BCUT2D eigenvalue weighted by atomic mass is 16.2. The molecule has 3 rings (SSSR count). The number of carbonyl (C=O) groups excluding carboxylic acids is 1. The Balaban J connectivity index is 1.55. The van der Waals surface area contributed by atoms with Gasteiger partial charge in [-0.3, -0.25) is 4.79 Å². The minimum atomic E-state index is 0.232. The molecule has 0 saturated heterocycles. The zero-order valence-corrected chi connectivity index (χ0v) is 10.6. The van der Waals surface area contributed by atoms with E-state index in [1.807, 2.05) is 24.3 Å². The minimum absolute atomic E-state index is 0.232. The average Bonchev–Trinajstić information content (AvgIpc) is 3.12. The van der Waals surface area contributed by atoms with Crippen LogP contribution in [0.1, 0.15) is 31.2 Å². The number of benzene rings is 1. The summed E-state index contributed by atoms with van der Waals surface area (Å²) in [5.41, 5.74) is 7.63. The predicted molar refractivity (Wildman–Crippen MR) is 71.6 cm³/mol. The molecule has 2 saturated carbocycles. The Morgan fingerprint density at radius 3 is 2.56 bits per heavy atom. The predicted octanol–water partition coefficient (Wildman–Crippen LogP) is 2.32. The largest absolute Gasteiger partial charge is 0.398 e. The number of nitrogens with two attached hydrogens (primary N) is 1. The smallest absolute Gasteiger partial charge is 0.223 e. The van der Waals surface area contributed by atoms with Crippen LogP contribution in [0.5, 0.6) is 0 Å². The number of rotatable bonds is 3. The van der Waals surface area contributed by atoms with Crippen LogP contribution in [-0.2, 0) is 11.3 Å². The molecule has 2 aliphatic rings. The summed E-state index contributed by atoms with van der Waals surface area (Å²) in [4.78, 5) is 12.1. The molecule has 0 aliphatic heterocycles. The molecule has 18 heavy (non-hydrogen) atoms. The molecule has 0 aromatic heterocycles. The Bertz CT molecular complexity index is 446. The second-order valence-corrected chi connectivity index (χ2v) is 5.55. The van der Waals surface area contributed by atoms with Gasteiger partial charge in [0.1, 0.15) is 0 Å². The van der Waals surface area contributed by atoms with Crippen molar-refractivity contribution in [2.45, 2.75) is 32.2 Å². The van der Waals surface area contributed by atoms with Crippen LogP contribution in [-0.4, -0.2) is 5.91 Å². The molecule has 0 heterocycles. The van der Waals surface area contributed by atoms with Crippen molar-refractivity contribution in [2.24, 2.45) is 17.8 Å². The highest BCUT2D eigenvalue weighted by Crippen LogP contribution is 2.55. The highest BCUT2D eigenvalue weighted by molar-refractivity contribution is 5.82. The monoisotopic (exact) mass is 244 g/mol. The van der Waals surface area contributed by atoms with Crippen molar-refractivity contribution in [2.75, 3.05) is 5.73 Å². The number of hydrogen-bond donors (Lipinski definition) is 2. The number of hydrogen-bond acceptors (Lipinski definition) is 2. The number of fused-ring (bicyclic) bond motifs is 1. The quantitative estimate of drug-likeness (QED) is 0.802. The Morgan fingerprint density at radius 2 is 1.89 bits per heavy atom. The van der Waals surface area contributed by atoms with Crippen molar-refractivity contribution in [1.29, 1.82) is 0 Å². The lowest BCUT2D eigenvalue weighted by Gasteiger charge is -2.07. The average molecular weight is 244 g/mol. The van der Waals surface area contributed by atoms with Crippen molar-refractivity contribution >= 4 is 11.6 Å². The molecule has 96 valence electrons. The third kappa shape index (κ3) is 2.09. The second-order valence-electron chi connectivity index (χ2n) is 5.55. The normalized spacial score (nSPS) is 29.4. The van der Waals surface area contributed by atoms with E-state index in [1.54, 1.807) is 0 Å². The Morgan fingerprint density at radius 1 is 1.22 bits per heavy atom. The summed E-state index contributed by atoms with van der Waals surface area (Å²) in [5.74, 6) is 1.87. The molecular weight excluding hydrogens is 224 g/mol. The van der Waals surface area contributed by atoms with E-state index in [0.29, 0.717) is 18.4 Å². The molecule has 3 nitrogen and oxygen atoms in total. The molecule has 2 atom stereocenters. The molecule has 2 aliphatic carbocycles. The molecule has 0 bridgehead atoms. The fourth-order valence-electron chi connectivity index (χ4n) is 3.38. The van der Waals surface area contributed by atoms with Gasteiger partial charge in [-0.1, -0.05) is 31.0 Å². The van der Waals surface area contributed by atoms with Gasteiger partial charge in [0.15, 0.2) is 0 Å². The summed E-state index contributed by atoms with van der Waals surface area (Å²) in [5, 5.41) is 3.04. The number of anilines is 1. The van der Waals surface area contributed by atoms with Gasteiger partial charge in [0, 0.05) is 18.2 Å². The van der Waals surface area contributed by atoms with Gasteiger partial charge in [-0.15, -0.1) is 0 Å². The summed E-state index contributed by atoms with van der Waals surface area (Å²) in [7, 11) is 0. The van der Waals surface area contributed by atoms with Crippen molar-refractivity contribution < 1.29 is 4.79 Å². The molecule has 2 unspecified atom stereocenters. The highest BCUT2D eigenvalue weighted by Gasteiger charge is 2.54. The van der Waals surface area contributed by atoms with Gasteiger partial charge in [-0.2, -0.15) is 0 Å². The summed E-state index contributed by atoms with van der Waals surface area (Å²) >= 11 is 0. The first kappa shape index (κ1) is 11.6. The number of nitrogens with one attached hydrogen (secondary N) is 1. The Labute approximate surface area is 108 Å². The maximum atomic E-state index is 12.1. The van der Waals surface area contributed by atoms with Gasteiger partial charge in [0.25, 0.3) is 0 Å². The van der Waals surface area contributed by atoms with E-state index < -0.39 is 0 Å². The van der Waals surface area contributed by atoms with Gasteiger partial charge in [0.05, 0.1) is 0 Å². The van der Waals surface area contributed by atoms with E-state index >= 15 is 0 Å². The van der Waals surface area contributed by atoms with Crippen LogP contribution in [0, 0.1) is 17.8 Å². The van der Waals surface area contributed by atoms with E-state index in [2.05, 4.69) is 5.32 Å². The first-order valence-electron chi connectivity index (χ1n) is 6.88. The lowest BCUT2D eigenvalue weighted by molar-refractivity contribution is -0.123. The van der Waals surface area contributed by atoms with Crippen LogP contribution in [0.15, 0.2) is 24.3 Å². The Kier molecular flexibility index (Phi) is 2.98. The summed E-state index contributed by atoms with van der Waals surface area (Å²) < 4.78 is 0. The van der Waals surface area contributed by atoms with Crippen molar-refractivity contribution in [1.82, 2.24) is 5.32 Å². The zero-order chi connectivity index (χ0) is 12.5. The van der Waals surface area contributed by atoms with Crippen molar-refractivity contribution in [3.63, 3.8) is 0 Å². The molecule has 1 aromatic rings. The second kappa shape index (κ2) is 4.63. The molecule has 0 spiro atoms. The number of carbonyl (C=O) groups is 1. The van der Waals surface area contributed by atoms with Crippen LogP contribution >= 0.6 is 0 Å². The molecule has 1 aromatic carbocycles. The molecular formula is C15H20N2O. The zero-order valence-electron chi connectivity index (χ0n) is 10.6. The summed E-state index contributed by atoms with van der Waals surface area (Å²) in [6, 6.07) is 7.71. The van der Waals surface area contributed by atoms with Crippen LogP contribution in [0.4, 0.5) is 5.69 Å². The lowest BCUT2D eigenvalue weighted by Crippen LogP contribution is -2.25. The molecule has 3 N–H and O–H groups in total. The maximum Gasteiger partial charge on any atom is 0.223 e. The van der Waals surface area contributed by atoms with Crippen molar-refractivity contribution in [3.05, 3.63) is 29.8 Å².